The van der Waals surface area contributed by atoms with Crippen molar-refractivity contribution < 1.29 is 23.3 Å². The first kappa shape index (κ1) is 15.3. The van der Waals surface area contributed by atoms with Gasteiger partial charge in [-0.1, -0.05) is 24.3 Å². The van der Waals surface area contributed by atoms with Crippen molar-refractivity contribution in [3.8, 4) is 11.5 Å². The average Bonchev–Trinajstić information content (AvgIpc) is 2.43. The minimum absolute atomic E-state index is 0.0967. The van der Waals surface area contributed by atoms with Crippen molar-refractivity contribution in [2.24, 2.45) is 0 Å². The molecule has 5 nitrogen and oxygen atoms in total. The van der Waals surface area contributed by atoms with Gasteiger partial charge in [0, 0.05) is 0 Å². The topological polar surface area (TPSA) is 85.1 Å². The Morgan fingerprint density at radius 1 is 1.10 bits per heavy atom. The van der Waals surface area contributed by atoms with Crippen LogP contribution in [-0.2, 0) is 10.0 Å². The third-order valence-electron chi connectivity index (χ3n) is 2.55. The van der Waals surface area contributed by atoms with Crippen LogP contribution >= 0.6 is 0 Å². The number of para-hydroxylation sites is 1. The average molecular weight is 310 g/mol. The van der Waals surface area contributed by atoms with Gasteiger partial charge in [-0.25, -0.2) is 12.8 Å². The predicted octanol–water partition coefficient (Wildman–Crippen LogP) is 2.19. The minimum atomic E-state index is -3.50. The lowest BCUT2D eigenvalue weighted by atomic mass is 10.3. The maximum atomic E-state index is 13.4. The number of quaternary nitrogens is 1. The molecule has 2 rings (SSSR count). The number of halogens is 1. The zero-order valence-electron chi connectivity index (χ0n) is 11.2. The SMILES string of the molecule is [NH3+]CCS(=O)(=O)[N-]c1ccc(Oc2ccccc2F)cc1. The summed E-state index contributed by atoms with van der Waals surface area (Å²) in [7, 11) is -3.50. The van der Waals surface area contributed by atoms with E-state index >= 15 is 0 Å². The zero-order chi connectivity index (χ0) is 15.3. The summed E-state index contributed by atoms with van der Waals surface area (Å²) in [6, 6.07) is 12.1. The highest BCUT2D eigenvalue weighted by Crippen LogP contribution is 2.28. The van der Waals surface area contributed by atoms with Gasteiger partial charge in [-0.15, -0.1) is 5.69 Å². The summed E-state index contributed by atoms with van der Waals surface area (Å²) in [6.45, 7) is 0.264. The molecule has 0 aromatic heterocycles. The van der Waals surface area contributed by atoms with Crippen molar-refractivity contribution in [2.45, 2.75) is 0 Å². The largest absolute Gasteiger partial charge is 0.577 e. The van der Waals surface area contributed by atoms with Crippen LogP contribution in [0.1, 0.15) is 0 Å². The molecule has 3 N–H and O–H groups in total. The van der Waals surface area contributed by atoms with Crippen molar-refractivity contribution in [1.29, 1.82) is 0 Å². The summed E-state index contributed by atoms with van der Waals surface area (Å²) in [5, 5.41) is 0. The fourth-order valence-corrected chi connectivity index (χ4v) is 2.52. The van der Waals surface area contributed by atoms with E-state index in [0.717, 1.165) is 0 Å². The smallest absolute Gasteiger partial charge is 0.165 e. The second-order valence-corrected chi connectivity index (χ2v) is 6.01. The summed E-state index contributed by atoms with van der Waals surface area (Å²) in [5.41, 5.74) is 3.78. The number of benzene rings is 2. The van der Waals surface area contributed by atoms with Gasteiger partial charge < -0.3 is 15.2 Å². The number of hydrogen-bond donors (Lipinski definition) is 1. The first-order valence-corrected chi connectivity index (χ1v) is 7.88. The van der Waals surface area contributed by atoms with E-state index in [0.29, 0.717) is 11.4 Å². The molecule has 0 saturated carbocycles. The van der Waals surface area contributed by atoms with Crippen LogP contribution in [-0.4, -0.2) is 20.7 Å². The molecule has 21 heavy (non-hydrogen) atoms. The van der Waals surface area contributed by atoms with E-state index in [-0.39, 0.29) is 18.0 Å². The molecule has 2 aromatic rings. The Labute approximate surface area is 122 Å². The quantitative estimate of drug-likeness (QED) is 0.887. The number of rotatable bonds is 6. The first-order valence-electron chi connectivity index (χ1n) is 6.27. The molecule has 0 aliphatic rings. The lowest BCUT2D eigenvalue weighted by molar-refractivity contribution is -0.360. The molecule has 0 saturated heterocycles. The highest BCUT2D eigenvalue weighted by molar-refractivity contribution is 7.94. The molecular formula is C14H15FN2O3S. The Morgan fingerprint density at radius 2 is 1.76 bits per heavy atom. The maximum absolute atomic E-state index is 13.4. The van der Waals surface area contributed by atoms with Crippen LogP contribution in [0, 0.1) is 5.82 Å². The van der Waals surface area contributed by atoms with E-state index in [1.165, 1.54) is 36.4 Å². The van der Waals surface area contributed by atoms with Gasteiger partial charge in [-0.05, 0) is 24.3 Å². The van der Waals surface area contributed by atoms with E-state index in [4.69, 9.17) is 4.74 Å². The minimum Gasteiger partial charge on any atom is -0.577 e. The summed E-state index contributed by atoms with van der Waals surface area (Å²) in [4.78, 5) is 0. The Kier molecular flexibility index (Phi) is 4.77. The summed E-state index contributed by atoms with van der Waals surface area (Å²) in [6.07, 6.45) is 0. The molecule has 2 aromatic carbocycles. The highest BCUT2D eigenvalue weighted by atomic mass is 32.2. The molecule has 0 unspecified atom stereocenters. The highest BCUT2D eigenvalue weighted by Gasteiger charge is 2.03. The number of hydrogen-bond acceptors (Lipinski definition) is 3. The molecule has 112 valence electrons. The summed E-state index contributed by atoms with van der Waals surface area (Å²) >= 11 is 0. The molecule has 0 aliphatic heterocycles. The van der Waals surface area contributed by atoms with Crippen molar-refractivity contribution in [2.75, 3.05) is 12.3 Å². The van der Waals surface area contributed by atoms with Crippen molar-refractivity contribution in [3.63, 3.8) is 0 Å². The molecule has 0 bridgehead atoms. The van der Waals surface area contributed by atoms with Crippen LogP contribution in [0.25, 0.3) is 4.72 Å². The molecule has 0 atom stereocenters. The van der Waals surface area contributed by atoms with E-state index in [2.05, 4.69) is 10.5 Å². The van der Waals surface area contributed by atoms with E-state index in [1.807, 2.05) is 0 Å². The van der Waals surface area contributed by atoms with E-state index in [9.17, 15) is 12.8 Å². The molecule has 0 radical (unpaired) electrons. The maximum Gasteiger partial charge on any atom is 0.165 e. The molecule has 0 amide bonds. The summed E-state index contributed by atoms with van der Waals surface area (Å²) in [5.74, 6) is -0.0646. The molecule has 0 fully saturated rings. The molecule has 7 heteroatoms. The third-order valence-corrected chi connectivity index (χ3v) is 3.84. The van der Waals surface area contributed by atoms with Crippen LogP contribution in [0.2, 0.25) is 0 Å². The first-order chi connectivity index (χ1) is 10.00. The second kappa shape index (κ2) is 6.55. The Balaban J connectivity index is 2.08. The fourth-order valence-electron chi connectivity index (χ4n) is 1.62. The van der Waals surface area contributed by atoms with Gasteiger partial charge in [-0.2, -0.15) is 0 Å². The number of sulfonamides is 1. The Hall–Kier alpha value is -2.12. The zero-order valence-corrected chi connectivity index (χ0v) is 12.0. The van der Waals surface area contributed by atoms with Gasteiger partial charge in [0.05, 0.1) is 22.3 Å². The molecule has 0 aliphatic carbocycles. The monoisotopic (exact) mass is 310 g/mol. The van der Waals surface area contributed by atoms with Gasteiger partial charge in [0.25, 0.3) is 0 Å². The second-order valence-electron chi connectivity index (χ2n) is 4.26. The fraction of sp³-hybridized carbons (Fsp3) is 0.143. The lowest BCUT2D eigenvalue weighted by Gasteiger charge is -2.20. The van der Waals surface area contributed by atoms with Crippen LogP contribution in [0.15, 0.2) is 48.5 Å². The lowest BCUT2D eigenvalue weighted by Crippen LogP contribution is -2.52. The van der Waals surface area contributed by atoms with Crippen LogP contribution < -0.4 is 10.5 Å². The summed E-state index contributed by atoms with van der Waals surface area (Å²) < 4.78 is 45.5. The Morgan fingerprint density at radius 3 is 2.38 bits per heavy atom. The van der Waals surface area contributed by atoms with Gasteiger partial charge in [0.15, 0.2) is 11.6 Å². The van der Waals surface area contributed by atoms with Gasteiger partial charge in [0.2, 0.25) is 0 Å². The predicted molar refractivity (Wildman–Crippen MR) is 77.5 cm³/mol. The molecule has 0 heterocycles. The van der Waals surface area contributed by atoms with Crippen LogP contribution in [0.5, 0.6) is 11.5 Å². The normalized spacial score (nSPS) is 11.1. The van der Waals surface area contributed by atoms with Crippen LogP contribution in [0.4, 0.5) is 10.1 Å². The number of nitrogens with zero attached hydrogens (tertiary/aromatic N) is 1. The molecule has 0 spiro atoms. The third kappa shape index (κ3) is 4.44. The van der Waals surface area contributed by atoms with Crippen molar-refractivity contribution in [1.82, 2.24) is 0 Å². The standard InChI is InChI=1S/C14H14FN2O3S/c15-13-3-1-2-4-14(13)20-12-7-5-11(6-8-12)17-21(18,19)10-9-16/h1-8H,9-10,16H2/q-1/p+1. The van der Waals surface area contributed by atoms with E-state index < -0.39 is 15.8 Å². The molecular weight excluding hydrogens is 295 g/mol. The van der Waals surface area contributed by atoms with Crippen molar-refractivity contribution >= 4 is 15.7 Å². The van der Waals surface area contributed by atoms with Gasteiger partial charge in [-0.3, -0.25) is 0 Å². The van der Waals surface area contributed by atoms with Crippen LogP contribution in [0.3, 0.4) is 0 Å². The Bertz CT molecular complexity index is 702. The van der Waals surface area contributed by atoms with E-state index in [1.54, 1.807) is 12.1 Å². The van der Waals surface area contributed by atoms with Gasteiger partial charge >= 0.3 is 0 Å². The van der Waals surface area contributed by atoms with Gasteiger partial charge in [0.1, 0.15) is 5.75 Å². The van der Waals surface area contributed by atoms with Crippen molar-refractivity contribution in [3.05, 3.63) is 59.1 Å². The number of ether oxygens (including phenoxy) is 1.